The van der Waals surface area contributed by atoms with Gasteiger partial charge in [0.1, 0.15) is 0 Å². The second-order valence-electron chi connectivity index (χ2n) is 4.68. The van der Waals surface area contributed by atoms with E-state index in [2.05, 4.69) is 23.7 Å². The second kappa shape index (κ2) is 4.86. The quantitative estimate of drug-likeness (QED) is 0.773. The number of thioether (sulfide) groups is 1. The van der Waals surface area contributed by atoms with Gasteiger partial charge in [0.2, 0.25) is 0 Å². The molecule has 3 atom stereocenters. The van der Waals surface area contributed by atoms with E-state index in [0.29, 0.717) is 0 Å². The topological polar surface area (TPSA) is 29.3 Å². The maximum Gasteiger partial charge on any atom is 0.0194 e. The highest BCUT2D eigenvalue weighted by molar-refractivity contribution is 7.99. The van der Waals surface area contributed by atoms with E-state index in [1.807, 2.05) is 0 Å². The van der Waals surface area contributed by atoms with Crippen LogP contribution in [0.3, 0.4) is 0 Å². The molecule has 2 N–H and O–H groups in total. The predicted molar refractivity (Wildman–Crippen MR) is 63.7 cm³/mol. The van der Waals surface area contributed by atoms with Crippen LogP contribution in [0.25, 0.3) is 0 Å². The highest BCUT2D eigenvalue weighted by Gasteiger charge is 2.33. The van der Waals surface area contributed by atoms with Crippen molar-refractivity contribution in [1.82, 2.24) is 4.90 Å². The van der Waals surface area contributed by atoms with E-state index in [9.17, 15) is 0 Å². The maximum atomic E-state index is 5.83. The van der Waals surface area contributed by atoms with Crippen molar-refractivity contribution in [2.75, 3.05) is 25.1 Å². The van der Waals surface area contributed by atoms with Crippen molar-refractivity contribution < 1.29 is 0 Å². The fourth-order valence-electron chi connectivity index (χ4n) is 2.94. The molecule has 0 spiro atoms. The zero-order chi connectivity index (χ0) is 9.97. The molecule has 1 aliphatic heterocycles. The molecule has 1 saturated heterocycles. The Morgan fingerprint density at radius 1 is 1.36 bits per heavy atom. The smallest absolute Gasteiger partial charge is 0.0194 e. The average molecular weight is 214 g/mol. The Hall–Kier alpha value is 0.270. The van der Waals surface area contributed by atoms with Crippen LogP contribution >= 0.6 is 11.8 Å². The maximum absolute atomic E-state index is 5.83. The van der Waals surface area contributed by atoms with Gasteiger partial charge in [-0.15, -0.1) is 0 Å². The predicted octanol–water partition coefficient (Wildman–Crippen LogP) is 1.55. The third-order valence-electron chi connectivity index (χ3n) is 3.93. The first-order valence-corrected chi connectivity index (χ1v) is 6.98. The summed E-state index contributed by atoms with van der Waals surface area (Å²) in [6.07, 6.45) is 5.50. The minimum Gasteiger partial charge on any atom is -0.330 e. The van der Waals surface area contributed by atoms with Crippen molar-refractivity contribution in [2.24, 2.45) is 11.7 Å². The summed E-state index contributed by atoms with van der Waals surface area (Å²) in [4.78, 5) is 2.63. The number of nitrogens with two attached hydrogens (primary N) is 1. The summed E-state index contributed by atoms with van der Waals surface area (Å²) < 4.78 is 0. The molecule has 1 saturated carbocycles. The molecular weight excluding hydrogens is 192 g/mol. The van der Waals surface area contributed by atoms with E-state index in [4.69, 9.17) is 5.73 Å². The lowest BCUT2D eigenvalue weighted by Crippen LogP contribution is -2.44. The zero-order valence-corrected chi connectivity index (χ0v) is 9.93. The van der Waals surface area contributed by atoms with Gasteiger partial charge in [0.15, 0.2) is 0 Å². The SMILES string of the molecule is CN(C1CCSC1)C1CCCC1CN. The number of hydrogen-bond acceptors (Lipinski definition) is 3. The minimum atomic E-state index is 0.769. The zero-order valence-electron chi connectivity index (χ0n) is 9.11. The number of nitrogens with zero attached hydrogens (tertiary/aromatic N) is 1. The lowest BCUT2D eigenvalue weighted by Gasteiger charge is -2.33. The molecular formula is C11H22N2S. The normalized spacial score (nSPS) is 38.4. The molecule has 0 radical (unpaired) electrons. The largest absolute Gasteiger partial charge is 0.330 e. The lowest BCUT2D eigenvalue weighted by atomic mass is 10.0. The third kappa shape index (κ3) is 2.10. The number of hydrogen-bond donors (Lipinski definition) is 1. The van der Waals surface area contributed by atoms with E-state index < -0.39 is 0 Å². The Kier molecular flexibility index (Phi) is 3.74. The summed E-state index contributed by atoms with van der Waals surface area (Å²) in [6.45, 7) is 0.884. The summed E-state index contributed by atoms with van der Waals surface area (Å²) in [5, 5.41) is 0. The average Bonchev–Trinajstić information content (AvgIpc) is 2.87. The van der Waals surface area contributed by atoms with Gasteiger partial charge in [0, 0.05) is 17.8 Å². The molecule has 0 aromatic carbocycles. The van der Waals surface area contributed by atoms with Gasteiger partial charge >= 0.3 is 0 Å². The van der Waals surface area contributed by atoms with Gasteiger partial charge in [0.25, 0.3) is 0 Å². The van der Waals surface area contributed by atoms with Crippen LogP contribution in [0.4, 0.5) is 0 Å². The summed E-state index contributed by atoms with van der Waals surface area (Å²) in [6, 6.07) is 1.61. The molecule has 14 heavy (non-hydrogen) atoms. The fourth-order valence-corrected chi connectivity index (χ4v) is 4.22. The van der Waals surface area contributed by atoms with Crippen molar-refractivity contribution in [1.29, 1.82) is 0 Å². The Bertz CT molecular complexity index is 180. The molecule has 0 aromatic rings. The summed E-state index contributed by atoms with van der Waals surface area (Å²) in [5.41, 5.74) is 5.83. The Labute approximate surface area is 91.6 Å². The van der Waals surface area contributed by atoms with Crippen molar-refractivity contribution in [3.63, 3.8) is 0 Å². The molecule has 3 unspecified atom stereocenters. The van der Waals surface area contributed by atoms with Crippen LogP contribution in [0.2, 0.25) is 0 Å². The van der Waals surface area contributed by atoms with E-state index in [1.54, 1.807) is 0 Å². The lowest BCUT2D eigenvalue weighted by molar-refractivity contribution is 0.155. The third-order valence-corrected chi connectivity index (χ3v) is 5.07. The molecule has 1 heterocycles. The Morgan fingerprint density at radius 3 is 2.86 bits per heavy atom. The van der Waals surface area contributed by atoms with Gasteiger partial charge < -0.3 is 5.73 Å². The Balaban J connectivity index is 1.92. The molecule has 2 rings (SSSR count). The molecule has 0 amide bonds. The summed E-state index contributed by atoms with van der Waals surface area (Å²) in [5.74, 6) is 3.46. The van der Waals surface area contributed by atoms with Crippen molar-refractivity contribution in [2.45, 2.75) is 37.8 Å². The summed E-state index contributed by atoms with van der Waals surface area (Å²) in [7, 11) is 2.31. The van der Waals surface area contributed by atoms with Crippen molar-refractivity contribution >= 4 is 11.8 Å². The second-order valence-corrected chi connectivity index (χ2v) is 5.83. The van der Waals surface area contributed by atoms with Crippen LogP contribution in [0.15, 0.2) is 0 Å². The highest BCUT2D eigenvalue weighted by atomic mass is 32.2. The van der Waals surface area contributed by atoms with Crippen LogP contribution in [0.1, 0.15) is 25.7 Å². The number of rotatable bonds is 3. The molecule has 0 aromatic heterocycles. The van der Waals surface area contributed by atoms with E-state index in [1.165, 1.54) is 37.2 Å². The van der Waals surface area contributed by atoms with Crippen LogP contribution in [-0.2, 0) is 0 Å². The first-order chi connectivity index (χ1) is 6.83. The van der Waals surface area contributed by atoms with Crippen molar-refractivity contribution in [3.8, 4) is 0 Å². The summed E-state index contributed by atoms with van der Waals surface area (Å²) >= 11 is 2.11. The van der Waals surface area contributed by atoms with Gasteiger partial charge in [-0.2, -0.15) is 11.8 Å². The van der Waals surface area contributed by atoms with E-state index >= 15 is 0 Å². The van der Waals surface area contributed by atoms with Gasteiger partial charge in [0.05, 0.1) is 0 Å². The highest BCUT2D eigenvalue weighted by Crippen LogP contribution is 2.32. The van der Waals surface area contributed by atoms with Crippen LogP contribution in [0.5, 0.6) is 0 Å². The van der Waals surface area contributed by atoms with Crippen LogP contribution in [-0.4, -0.2) is 42.1 Å². The van der Waals surface area contributed by atoms with Crippen molar-refractivity contribution in [3.05, 3.63) is 0 Å². The standard InChI is InChI=1S/C11H22N2S/c1-13(10-5-6-14-8-10)11-4-2-3-9(11)7-12/h9-11H,2-8,12H2,1H3. The monoisotopic (exact) mass is 214 g/mol. The fraction of sp³-hybridized carbons (Fsp3) is 1.00. The van der Waals surface area contributed by atoms with Gasteiger partial charge in [-0.05, 0) is 44.5 Å². The van der Waals surface area contributed by atoms with E-state index in [-0.39, 0.29) is 0 Å². The van der Waals surface area contributed by atoms with Gasteiger partial charge in [-0.1, -0.05) is 6.42 Å². The molecule has 2 fully saturated rings. The molecule has 3 heteroatoms. The molecule has 0 bridgehead atoms. The minimum absolute atomic E-state index is 0.769. The van der Waals surface area contributed by atoms with Gasteiger partial charge in [-0.3, -0.25) is 4.90 Å². The van der Waals surface area contributed by atoms with E-state index in [0.717, 1.165) is 24.5 Å². The molecule has 2 nitrogen and oxygen atoms in total. The van der Waals surface area contributed by atoms with Crippen LogP contribution in [0, 0.1) is 5.92 Å². The first kappa shape index (κ1) is 10.8. The molecule has 1 aliphatic carbocycles. The van der Waals surface area contributed by atoms with Crippen LogP contribution < -0.4 is 5.73 Å². The Morgan fingerprint density at radius 2 is 2.21 bits per heavy atom. The van der Waals surface area contributed by atoms with Gasteiger partial charge in [-0.25, -0.2) is 0 Å². The molecule has 82 valence electrons. The first-order valence-electron chi connectivity index (χ1n) is 5.82. The molecule has 2 aliphatic rings.